The van der Waals surface area contributed by atoms with Gasteiger partial charge in [-0.05, 0) is 74.5 Å². The molecule has 4 aliphatic rings. The van der Waals surface area contributed by atoms with E-state index in [9.17, 15) is 9.18 Å². The zero-order chi connectivity index (χ0) is 23.7. The minimum absolute atomic E-state index is 0.0478. The number of nitrogens with one attached hydrogen (secondary N) is 2. The van der Waals surface area contributed by atoms with Crippen LogP contribution in [0.25, 0.3) is 28.1 Å². The maximum absolute atomic E-state index is 13.9. The molecule has 4 fully saturated rings. The van der Waals surface area contributed by atoms with Crippen LogP contribution >= 0.6 is 0 Å². The van der Waals surface area contributed by atoms with Gasteiger partial charge in [0, 0.05) is 12.2 Å². The summed E-state index contributed by atoms with van der Waals surface area (Å²) >= 11 is 0. The number of fused-ring (bicyclic) bond motifs is 4. The van der Waals surface area contributed by atoms with Gasteiger partial charge in [-0.1, -0.05) is 0 Å². The summed E-state index contributed by atoms with van der Waals surface area (Å²) in [6.45, 7) is 2.24. The molecule has 4 heterocycles. The predicted octanol–water partition coefficient (Wildman–Crippen LogP) is 3.83. The van der Waals surface area contributed by atoms with Gasteiger partial charge in [0.15, 0.2) is 11.5 Å². The third-order valence-corrected chi connectivity index (χ3v) is 8.48. The van der Waals surface area contributed by atoms with Crippen LogP contribution in [0.3, 0.4) is 0 Å². The number of hydrogen-bond donors (Lipinski definition) is 2. The zero-order valence-electron chi connectivity index (χ0n) is 19.3. The fraction of sp³-hybridized carbons (Fsp3) is 0.480. The third kappa shape index (κ3) is 3.08. The fourth-order valence-electron chi connectivity index (χ4n) is 6.96. The molecule has 4 saturated carbocycles. The number of halogens is 1. The molecular weight excluding hydrogens is 449 g/mol. The highest BCUT2D eigenvalue weighted by atomic mass is 19.1. The van der Waals surface area contributed by atoms with E-state index in [1.807, 2.05) is 25.3 Å². The standard InChI is InChI=1S/C25H26FN7O2/c1-2-35-25(34)19-15-7-8-16(14-6-5-13(14)15)20(19)28-23-18-4-3-9-33(18)32-24(29-23)21-17-10-12(26)11-27-22(17)31-30-21/h3-4,9-11,13-16,19-20H,2,5-8H2,1H3,(H,27,30,31)(H,28,29,32)/t13?,14?,15-,16?,19-,20?/m0/s1. The van der Waals surface area contributed by atoms with Gasteiger partial charge in [0.05, 0.1) is 24.1 Å². The topological polar surface area (TPSA) is 110 Å². The second-order valence-electron chi connectivity index (χ2n) is 10.0. The van der Waals surface area contributed by atoms with E-state index >= 15 is 0 Å². The Balaban J connectivity index is 1.32. The van der Waals surface area contributed by atoms with Crippen LogP contribution in [-0.2, 0) is 9.53 Å². The number of carbonyl (C=O) groups excluding carboxylic acids is 1. The molecule has 180 valence electrons. The Morgan fingerprint density at radius 3 is 2.86 bits per heavy atom. The van der Waals surface area contributed by atoms with Gasteiger partial charge in [0.2, 0.25) is 5.82 Å². The number of ether oxygens (including phenoxy) is 1. The van der Waals surface area contributed by atoms with Crippen molar-refractivity contribution >= 4 is 28.3 Å². The SMILES string of the molecule is CCOC(=O)[C@@H]1C(Nc2nc(-c3[nH]nc4ncc(F)cc34)nn3cccc23)C2CC[C@H]1C1CCC21. The number of carbonyl (C=O) groups is 1. The predicted molar refractivity (Wildman–Crippen MR) is 126 cm³/mol. The number of rotatable bonds is 5. The lowest BCUT2D eigenvalue weighted by molar-refractivity contribution is -0.166. The van der Waals surface area contributed by atoms with Crippen LogP contribution in [0.15, 0.2) is 30.6 Å². The summed E-state index contributed by atoms with van der Waals surface area (Å²) in [5, 5.41) is 15.9. The lowest BCUT2D eigenvalue weighted by atomic mass is 9.46. The second-order valence-corrected chi connectivity index (χ2v) is 10.0. The van der Waals surface area contributed by atoms with Gasteiger partial charge in [0.1, 0.15) is 17.0 Å². The number of pyridine rings is 1. The normalized spacial score (nSPS) is 29.2. The van der Waals surface area contributed by atoms with Crippen molar-refractivity contribution in [2.45, 2.75) is 38.6 Å². The fourth-order valence-corrected chi connectivity index (χ4v) is 6.96. The second kappa shape index (κ2) is 7.73. The van der Waals surface area contributed by atoms with E-state index in [2.05, 4.69) is 25.6 Å². The molecule has 4 aliphatic carbocycles. The van der Waals surface area contributed by atoms with Gasteiger partial charge in [-0.25, -0.2) is 18.9 Å². The first-order valence-electron chi connectivity index (χ1n) is 12.4. The molecule has 0 aliphatic heterocycles. The highest BCUT2D eigenvalue weighted by molar-refractivity contribution is 5.89. The highest BCUT2D eigenvalue weighted by Gasteiger charge is 2.59. The van der Waals surface area contributed by atoms with Crippen molar-refractivity contribution in [1.29, 1.82) is 0 Å². The van der Waals surface area contributed by atoms with Gasteiger partial charge < -0.3 is 10.1 Å². The molecule has 0 saturated heterocycles. The molecule has 4 aromatic heterocycles. The summed E-state index contributed by atoms with van der Waals surface area (Å²) in [5.74, 6) is 2.34. The Hall–Kier alpha value is -3.56. The van der Waals surface area contributed by atoms with Crippen LogP contribution in [0.5, 0.6) is 0 Å². The molecular formula is C25H26FN7O2. The molecule has 9 nitrogen and oxygen atoms in total. The minimum Gasteiger partial charge on any atom is -0.466 e. The number of esters is 1. The number of nitrogens with zero attached hydrogens (tertiary/aromatic N) is 5. The maximum atomic E-state index is 13.9. The molecule has 0 radical (unpaired) electrons. The number of H-pyrrole nitrogens is 1. The first-order chi connectivity index (χ1) is 17.1. The van der Waals surface area contributed by atoms with Crippen molar-refractivity contribution in [3.63, 3.8) is 0 Å². The first kappa shape index (κ1) is 20.8. The first-order valence-corrected chi connectivity index (χ1v) is 12.4. The van der Waals surface area contributed by atoms with Crippen molar-refractivity contribution in [3.05, 3.63) is 36.4 Å². The van der Waals surface area contributed by atoms with Gasteiger partial charge >= 0.3 is 5.97 Å². The average Bonchev–Trinajstić information content (AvgIpc) is 3.46. The number of aromatic amines is 1. The quantitative estimate of drug-likeness (QED) is 0.422. The van der Waals surface area contributed by atoms with E-state index in [-0.39, 0.29) is 17.9 Å². The molecule has 6 atom stereocenters. The Bertz CT molecular complexity index is 1450. The third-order valence-electron chi connectivity index (χ3n) is 8.48. The van der Waals surface area contributed by atoms with Crippen LogP contribution < -0.4 is 5.32 Å². The molecule has 35 heavy (non-hydrogen) atoms. The molecule has 2 N–H and O–H groups in total. The molecule has 8 rings (SSSR count). The molecule has 4 aromatic rings. The van der Waals surface area contributed by atoms with Crippen molar-refractivity contribution < 1.29 is 13.9 Å². The van der Waals surface area contributed by atoms with Crippen LogP contribution in [0, 0.1) is 35.4 Å². The van der Waals surface area contributed by atoms with E-state index in [1.54, 1.807) is 4.52 Å². The average molecular weight is 476 g/mol. The number of hydrogen-bond acceptors (Lipinski definition) is 7. The molecule has 0 aromatic carbocycles. The summed E-state index contributed by atoms with van der Waals surface area (Å²) in [6, 6.07) is 5.19. The zero-order valence-corrected chi connectivity index (χ0v) is 19.3. The summed E-state index contributed by atoms with van der Waals surface area (Å²) in [5.41, 5.74) is 1.71. The lowest BCUT2D eigenvalue weighted by Gasteiger charge is -2.61. The summed E-state index contributed by atoms with van der Waals surface area (Å²) in [4.78, 5) is 22.1. The molecule has 4 unspecified atom stereocenters. The summed E-state index contributed by atoms with van der Waals surface area (Å²) in [6.07, 6.45) is 7.63. The Morgan fingerprint density at radius 1 is 1.23 bits per heavy atom. The van der Waals surface area contributed by atoms with Crippen molar-refractivity contribution in [1.82, 2.24) is 29.8 Å². The molecule has 2 bridgehead atoms. The molecule has 0 spiro atoms. The lowest BCUT2D eigenvalue weighted by Crippen LogP contribution is -2.62. The van der Waals surface area contributed by atoms with Crippen molar-refractivity contribution in [2.75, 3.05) is 11.9 Å². The Kier molecular flexibility index (Phi) is 4.59. The molecule has 10 heteroatoms. The molecule has 0 amide bonds. The van der Waals surface area contributed by atoms with Gasteiger partial charge in [-0.15, -0.1) is 5.10 Å². The van der Waals surface area contributed by atoms with E-state index in [1.165, 1.54) is 18.9 Å². The minimum atomic E-state index is -0.453. The largest absolute Gasteiger partial charge is 0.466 e. The van der Waals surface area contributed by atoms with Gasteiger partial charge in [-0.3, -0.25) is 9.89 Å². The van der Waals surface area contributed by atoms with E-state index in [0.717, 1.165) is 24.6 Å². The van der Waals surface area contributed by atoms with Crippen LogP contribution in [-0.4, -0.2) is 48.4 Å². The highest BCUT2D eigenvalue weighted by Crippen LogP contribution is 2.60. The maximum Gasteiger partial charge on any atom is 0.311 e. The van der Waals surface area contributed by atoms with Crippen LogP contribution in [0.4, 0.5) is 10.2 Å². The number of aromatic nitrogens is 6. The number of anilines is 1. The summed E-state index contributed by atoms with van der Waals surface area (Å²) in [7, 11) is 0. The van der Waals surface area contributed by atoms with Gasteiger partial charge in [-0.2, -0.15) is 5.10 Å². The van der Waals surface area contributed by atoms with Gasteiger partial charge in [0.25, 0.3) is 0 Å². The monoisotopic (exact) mass is 475 g/mol. The summed E-state index contributed by atoms with van der Waals surface area (Å²) < 4.78 is 21.2. The van der Waals surface area contributed by atoms with E-state index in [0.29, 0.717) is 58.6 Å². The van der Waals surface area contributed by atoms with Crippen LogP contribution in [0.1, 0.15) is 32.6 Å². The van der Waals surface area contributed by atoms with E-state index in [4.69, 9.17) is 9.72 Å². The van der Waals surface area contributed by atoms with Crippen LogP contribution in [0.2, 0.25) is 0 Å². The van der Waals surface area contributed by atoms with Crippen molar-refractivity contribution in [3.8, 4) is 11.5 Å². The Labute approximate surface area is 200 Å². The van der Waals surface area contributed by atoms with Crippen molar-refractivity contribution in [2.24, 2.45) is 29.6 Å². The smallest absolute Gasteiger partial charge is 0.311 e. The Morgan fingerprint density at radius 2 is 2.03 bits per heavy atom. The van der Waals surface area contributed by atoms with E-state index < -0.39 is 5.82 Å².